The Hall–Kier alpha value is -0.630. The molecule has 0 aliphatic heterocycles. The van der Waals surface area contributed by atoms with Crippen molar-refractivity contribution in [1.29, 1.82) is 0 Å². The van der Waals surface area contributed by atoms with E-state index < -0.39 is 7.51 Å². The van der Waals surface area contributed by atoms with Gasteiger partial charge in [0.15, 0.2) is 0 Å². The van der Waals surface area contributed by atoms with Gasteiger partial charge in [-0.15, -0.1) is 0 Å². The van der Waals surface area contributed by atoms with Crippen LogP contribution in [0, 0.1) is 0 Å². The highest BCUT2D eigenvalue weighted by Crippen LogP contribution is 2.48. The molecular weight excluding hydrogens is 185 g/mol. The van der Waals surface area contributed by atoms with Crippen LogP contribution in [0.2, 0.25) is 0 Å². The van der Waals surface area contributed by atoms with Gasteiger partial charge in [0.25, 0.3) is 0 Å². The molecule has 13 heavy (non-hydrogen) atoms. The van der Waals surface area contributed by atoms with E-state index in [0.29, 0.717) is 0 Å². The number of hydrogen-bond acceptors (Lipinski definition) is 3. The lowest BCUT2D eigenvalue weighted by Gasteiger charge is -2.19. The minimum atomic E-state index is -2.17. The van der Waals surface area contributed by atoms with Gasteiger partial charge < -0.3 is 9.05 Å². The minimum absolute atomic E-state index is 1.00. The van der Waals surface area contributed by atoms with Crippen molar-refractivity contribution in [2.45, 2.75) is 0 Å². The second kappa shape index (κ2) is 4.56. The van der Waals surface area contributed by atoms with Crippen molar-refractivity contribution in [3.05, 3.63) is 30.3 Å². The van der Waals surface area contributed by atoms with Crippen molar-refractivity contribution in [3.63, 3.8) is 0 Å². The Morgan fingerprint density at radius 1 is 1.08 bits per heavy atom. The topological polar surface area (TPSA) is 30.8 Å². The Bertz CT molecular complexity index is 303. The van der Waals surface area contributed by atoms with Crippen LogP contribution >= 0.6 is 7.51 Å². The fourth-order valence-electron chi connectivity index (χ4n) is 1.18. The molecule has 1 aromatic rings. The predicted molar refractivity (Wildman–Crippen MR) is 55.4 cm³/mol. The first-order valence-electron chi connectivity index (χ1n) is 3.96. The molecule has 4 heteroatoms. The van der Waals surface area contributed by atoms with Crippen LogP contribution in [0.1, 0.15) is 0 Å². The number of rotatable bonds is 3. The first-order chi connectivity index (χ1) is 6.29. The maximum atomic E-state index is 5.34. The fraction of sp³-hybridized carbons (Fsp3) is 0.333. The van der Waals surface area contributed by atoms with Crippen LogP contribution in [0.3, 0.4) is 0 Å². The second-order valence-electron chi connectivity index (χ2n) is 2.42. The number of benzene rings is 1. The quantitative estimate of drug-likeness (QED) is 0.699. The van der Waals surface area contributed by atoms with E-state index >= 15 is 0 Å². The molecular formula is C9H14NO2P. The van der Waals surface area contributed by atoms with E-state index in [0.717, 1.165) is 5.30 Å². The summed E-state index contributed by atoms with van der Waals surface area (Å²) in [6.45, 7) is 0. The third kappa shape index (κ3) is 1.99. The molecule has 0 radical (unpaired) electrons. The maximum Gasteiger partial charge on any atom is 0.243 e. The Morgan fingerprint density at radius 2 is 1.62 bits per heavy atom. The lowest BCUT2D eigenvalue weighted by Crippen LogP contribution is -2.07. The first-order valence-corrected chi connectivity index (χ1v) is 5.54. The van der Waals surface area contributed by atoms with Crippen LogP contribution in [0.4, 0.5) is 0 Å². The largest absolute Gasteiger partial charge is 0.324 e. The zero-order chi connectivity index (χ0) is 9.73. The molecule has 3 nitrogen and oxygen atoms in total. The van der Waals surface area contributed by atoms with Gasteiger partial charge in [0, 0.05) is 26.6 Å². The van der Waals surface area contributed by atoms with E-state index in [4.69, 9.17) is 9.05 Å². The summed E-state index contributed by atoms with van der Waals surface area (Å²) < 4.78 is 14.9. The highest BCUT2D eigenvalue weighted by Gasteiger charge is 2.19. The van der Waals surface area contributed by atoms with Gasteiger partial charge in [0.2, 0.25) is 7.51 Å². The van der Waals surface area contributed by atoms with Crippen molar-refractivity contribution < 1.29 is 9.05 Å². The zero-order valence-corrected chi connectivity index (χ0v) is 8.99. The molecule has 0 heterocycles. The Kier molecular flexibility index (Phi) is 3.67. The van der Waals surface area contributed by atoms with Gasteiger partial charge >= 0.3 is 0 Å². The van der Waals surface area contributed by atoms with E-state index in [1.165, 1.54) is 0 Å². The van der Waals surface area contributed by atoms with Gasteiger partial charge in [-0.3, -0.25) is 4.74 Å². The molecule has 0 N–H and O–H groups in total. The van der Waals surface area contributed by atoms with E-state index in [1.807, 2.05) is 30.3 Å². The number of hydrogen-bond donors (Lipinski definition) is 0. The summed E-state index contributed by atoms with van der Waals surface area (Å²) in [5, 5.41) is 1.00. The summed E-state index contributed by atoms with van der Waals surface area (Å²) in [7, 11) is 2.79. The molecule has 0 amide bonds. The van der Waals surface area contributed by atoms with Crippen molar-refractivity contribution >= 4 is 12.8 Å². The summed E-state index contributed by atoms with van der Waals surface area (Å²) in [5.74, 6) is 0. The normalized spacial score (nSPS) is 11.3. The predicted octanol–water partition coefficient (Wildman–Crippen LogP) is 2.27. The highest BCUT2D eigenvalue weighted by molar-refractivity contribution is 7.64. The van der Waals surface area contributed by atoms with E-state index in [-0.39, 0.29) is 0 Å². The van der Waals surface area contributed by atoms with Crippen molar-refractivity contribution in [1.82, 2.24) is 0 Å². The molecule has 72 valence electrons. The molecule has 0 bridgehead atoms. The van der Waals surface area contributed by atoms with Gasteiger partial charge in [-0.2, -0.15) is 0 Å². The zero-order valence-electron chi connectivity index (χ0n) is 8.10. The molecule has 0 atom stereocenters. The molecule has 0 aliphatic carbocycles. The van der Waals surface area contributed by atoms with Crippen LogP contribution in [0.15, 0.2) is 35.1 Å². The highest BCUT2D eigenvalue weighted by atomic mass is 31.2. The van der Waals surface area contributed by atoms with Gasteiger partial charge in [-0.25, -0.2) is 0 Å². The summed E-state index contributed by atoms with van der Waals surface area (Å²) in [6, 6.07) is 9.79. The third-order valence-electron chi connectivity index (χ3n) is 1.84. The monoisotopic (exact) mass is 199 g/mol. The summed E-state index contributed by atoms with van der Waals surface area (Å²) in [4.78, 5) is 0. The second-order valence-corrected chi connectivity index (χ2v) is 5.11. The van der Waals surface area contributed by atoms with Crippen LogP contribution < -0.4 is 5.30 Å². The molecule has 0 saturated heterocycles. The van der Waals surface area contributed by atoms with Gasteiger partial charge in [-0.1, -0.05) is 18.2 Å². The molecule has 0 aliphatic rings. The fourth-order valence-corrected chi connectivity index (χ4v) is 2.86. The average Bonchev–Trinajstić information content (AvgIpc) is 2.23. The molecule has 0 spiro atoms. The summed E-state index contributed by atoms with van der Waals surface area (Å²) >= 11 is 0. The van der Waals surface area contributed by atoms with Crippen LogP contribution in [-0.2, 0) is 9.05 Å². The smallest absolute Gasteiger partial charge is 0.243 e. The molecule has 1 rings (SSSR count). The number of nitrogens with zero attached hydrogens (tertiary/aromatic N) is 1. The van der Waals surface area contributed by atoms with Crippen LogP contribution in [0.5, 0.6) is 0 Å². The SMILES string of the molecule is CN=P(OC)(OC)c1ccccc1. The maximum absolute atomic E-state index is 5.34. The lowest BCUT2D eigenvalue weighted by atomic mass is 10.4. The Labute approximate surface area is 78.9 Å². The molecule has 0 fully saturated rings. The lowest BCUT2D eigenvalue weighted by molar-refractivity contribution is 0.337. The van der Waals surface area contributed by atoms with Gasteiger partial charge in [-0.05, 0) is 12.1 Å². The average molecular weight is 199 g/mol. The van der Waals surface area contributed by atoms with Gasteiger partial charge in [0.1, 0.15) is 0 Å². The molecule has 0 unspecified atom stereocenters. The van der Waals surface area contributed by atoms with E-state index in [2.05, 4.69) is 4.74 Å². The van der Waals surface area contributed by atoms with Gasteiger partial charge in [0.05, 0.1) is 0 Å². The Balaban J connectivity index is 3.18. The Morgan fingerprint density at radius 3 is 2.00 bits per heavy atom. The molecule has 0 aromatic heterocycles. The third-order valence-corrected chi connectivity index (χ3v) is 4.31. The van der Waals surface area contributed by atoms with Crippen LogP contribution in [-0.4, -0.2) is 21.3 Å². The molecule has 0 saturated carbocycles. The molecule has 1 aromatic carbocycles. The van der Waals surface area contributed by atoms with Crippen molar-refractivity contribution in [2.75, 3.05) is 21.3 Å². The van der Waals surface area contributed by atoms with Crippen LogP contribution in [0.25, 0.3) is 0 Å². The van der Waals surface area contributed by atoms with E-state index in [1.54, 1.807) is 21.3 Å². The summed E-state index contributed by atoms with van der Waals surface area (Å²) in [6.07, 6.45) is 0. The minimum Gasteiger partial charge on any atom is -0.324 e. The van der Waals surface area contributed by atoms with Crippen molar-refractivity contribution in [2.24, 2.45) is 4.74 Å². The van der Waals surface area contributed by atoms with Crippen molar-refractivity contribution in [3.8, 4) is 0 Å². The van der Waals surface area contributed by atoms with E-state index in [9.17, 15) is 0 Å². The summed E-state index contributed by atoms with van der Waals surface area (Å²) in [5.41, 5.74) is 0. The standard InChI is InChI=1S/C9H14NO2P/c1-10-13(11-2,12-3)9-7-5-4-6-8-9/h4-8H,1-3H3. The first kappa shape index (κ1) is 10.5.